The zero-order valence-corrected chi connectivity index (χ0v) is 20.4. The molecule has 0 aliphatic carbocycles. The summed E-state index contributed by atoms with van der Waals surface area (Å²) in [6, 6.07) is 4.82. The lowest BCUT2D eigenvalue weighted by atomic mass is 9.93. The first-order valence-electron chi connectivity index (χ1n) is 10.9. The quantitative estimate of drug-likeness (QED) is 0.369. The minimum Gasteiger partial charge on any atom is -0.359 e. The van der Waals surface area contributed by atoms with Gasteiger partial charge in [-0.25, -0.2) is 14.2 Å². The van der Waals surface area contributed by atoms with Crippen LogP contribution in [0.4, 0.5) is 26.6 Å². The summed E-state index contributed by atoms with van der Waals surface area (Å²) < 4.78 is 21.4. The van der Waals surface area contributed by atoms with Gasteiger partial charge in [0.05, 0.1) is 5.69 Å². The lowest BCUT2D eigenvalue weighted by Crippen LogP contribution is -2.22. The average molecular weight is 490 g/mol. The standard InChI is InChI=1S/C25H24FN7O3/c1-7-13-9-17(26)18(29-24(35)30-20-11-19(36-32-20)25(2,3)4)10-15(13)16-8-14-12-28-23(27-5)31-21(14)33(6)22(16)34/h1,8-12H,2-6H3,(H,27,28,31)(H2,29,30,32,35). The van der Waals surface area contributed by atoms with Gasteiger partial charge in [0.1, 0.15) is 17.2 Å². The van der Waals surface area contributed by atoms with Gasteiger partial charge < -0.3 is 15.2 Å². The molecule has 0 saturated carbocycles. The molecule has 0 unspecified atom stereocenters. The van der Waals surface area contributed by atoms with Gasteiger partial charge in [-0.05, 0) is 18.2 Å². The van der Waals surface area contributed by atoms with Crippen LogP contribution in [0.3, 0.4) is 0 Å². The number of aromatic nitrogens is 4. The topological polar surface area (TPSA) is 127 Å². The molecule has 3 aromatic heterocycles. The van der Waals surface area contributed by atoms with E-state index in [9.17, 15) is 14.0 Å². The summed E-state index contributed by atoms with van der Waals surface area (Å²) >= 11 is 0. The highest BCUT2D eigenvalue weighted by atomic mass is 19.1. The molecule has 3 heterocycles. The van der Waals surface area contributed by atoms with Gasteiger partial charge in [0.25, 0.3) is 5.56 Å². The second kappa shape index (κ2) is 9.14. The number of rotatable bonds is 4. The molecular weight excluding hydrogens is 465 g/mol. The third-order valence-electron chi connectivity index (χ3n) is 5.46. The van der Waals surface area contributed by atoms with Crippen LogP contribution in [-0.4, -0.2) is 32.8 Å². The monoisotopic (exact) mass is 489 g/mol. The number of pyridine rings is 1. The number of benzene rings is 1. The Bertz CT molecular complexity index is 1590. The molecule has 0 saturated heterocycles. The number of aryl methyl sites for hydroxylation is 1. The number of amides is 2. The molecule has 184 valence electrons. The molecule has 2 amide bonds. The molecule has 11 heteroatoms. The lowest BCUT2D eigenvalue weighted by Gasteiger charge is -2.13. The Morgan fingerprint density at radius 1 is 1.17 bits per heavy atom. The van der Waals surface area contributed by atoms with Crippen LogP contribution in [0.15, 0.2) is 39.8 Å². The summed E-state index contributed by atoms with van der Waals surface area (Å²) in [6.07, 6.45) is 7.17. The molecule has 0 aliphatic heterocycles. The molecule has 36 heavy (non-hydrogen) atoms. The van der Waals surface area contributed by atoms with Crippen LogP contribution in [0.25, 0.3) is 22.2 Å². The van der Waals surface area contributed by atoms with Crippen molar-refractivity contribution in [2.75, 3.05) is 23.0 Å². The average Bonchev–Trinajstić information content (AvgIpc) is 3.31. The van der Waals surface area contributed by atoms with Crippen LogP contribution in [0, 0.1) is 18.2 Å². The van der Waals surface area contributed by atoms with E-state index in [-0.39, 0.29) is 33.6 Å². The molecule has 0 aliphatic rings. The zero-order chi connectivity index (χ0) is 26.2. The second-order valence-corrected chi connectivity index (χ2v) is 9.07. The highest BCUT2D eigenvalue weighted by Crippen LogP contribution is 2.29. The summed E-state index contributed by atoms with van der Waals surface area (Å²) in [6.45, 7) is 5.80. The van der Waals surface area contributed by atoms with Gasteiger partial charge in [0, 0.05) is 53.9 Å². The van der Waals surface area contributed by atoms with E-state index in [1.165, 1.54) is 10.6 Å². The summed E-state index contributed by atoms with van der Waals surface area (Å²) in [5, 5.41) is 12.2. The maximum atomic E-state index is 14.8. The van der Waals surface area contributed by atoms with Crippen molar-refractivity contribution >= 4 is 34.5 Å². The predicted octanol–water partition coefficient (Wildman–Crippen LogP) is 4.09. The van der Waals surface area contributed by atoms with Gasteiger partial charge in [-0.2, -0.15) is 4.98 Å². The van der Waals surface area contributed by atoms with Crippen LogP contribution in [-0.2, 0) is 12.5 Å². The van der Waals surface area contributed by atoms with Crippen LogP contribution >= 0.6 is 0 Å². The number of anilines is 3. The highest BCUT2D eigenvalue weighted by molar-refractivity contribution is 6.00. The van der Waals surface area contributed by atoms with E-state index in [0.717, 1.165) is 6.07 Å². The largest absolute Gasteiger partial charge is 0.359 e. The summed E-state index contributed by atoms with van der Waals surface area (Å²) in [7, 11) is 3.23. The fourth-order valence-electron chi connectivity index (χ4n) is 3.53. The van der Waals surface area contributed by atoms with Crippen LogP contribution in [0.2, 0.25) is 0 Å². The van der Waals surface area contributed by atoms with Gasteiger partial charge in [0.2, 0.25) is 5.95 Å². The van der Waals surface area contributed by atoms with Crippen molar-refractivity contribution in [3.05, 3.63) is 58.0 Å². The molecule has 10 nitrogen and oxygen atoms in total. The van der Waals surface area contributed by atoms with Crippen molar-refractivity contribution in [1.29, 1.82) is 0 Å². The number of terminal acetylenes is 1. The van der Waals surface area contributed by atoms with E-state index in [0.29, 0.717) is 22.7 Å². The zero-order valence-electron chi connectivity index (χ0n) is 20.4. The van der Waals surface area contributed by atoms with Crippen molar-refractivity contribution in [2.45, 2.75) is 26.2 Å². The Morgan fingerprint density at radius 3 is 2.56 bits per heavy atom. The van der Waals surface area contributed by atoms with Crippen molar-refractivity contribution < 1.29 is 13.7 Å². The van der Waals surface area contributed by atoms with E-state index >= 15 is 0 Å². The molecule has 0 fully saturated rings. The minimum absolute atomic E-state index is 0.147. The Balaban J connectivity index is 1.71. The summed E-state index contributed by atoms with van der Waals surface area (Å²) in [4.78, 5) is 34.3. The maximum Gasteiger partial charge on any atom is 0.325 e. The van der Waals surface area contributed by atoms with E-state index in [4.69, 9.17) is 10.9 Å². The van der Waals surface area contributed by atoms with Crippen molar-refractivity contribution in [3.63, 3.8) is 0 Å². The van der Waals surface area contributed by atoms with Gasteiger partial charge in [-0.3, -0.25) is 14.7 Å². The number of fused-ring (bicyclic) bond motifs is 1. The molecule has 3 N–H and O–H groups in total. The third kappa shape index (κ3) is 4.61. The Morgan fingerprint density at radius 2 is 1.92 bits per heavy atom. The number of carbonyl (C=O) groups excluding carboxylic acids is 1. The number of nitrogens with zero attached hydrogens (tertiary/aromatic N) is 4. The van der Waals surface area contributed by atoms with E-state index in [1.54, 1.807) is 32.4 Å². The van der Waals surface area contributed by atoms with Crippen molar-refractivity contribution in [2.24, 2.45) is 7.05 Å². The number of halogens is 1. The molecule has 0 bridgehead atoms. The molecule has 4 rings (SSSR count). The Hall–Kier alpha value is -4.72. The Kier molecular flexibility index (Phi) is 6.20. The number of nitrogens with one attached hydrogen (secondary N) is 3. The third-order valence-corrected chi connectivity index (χ3v) is 5.46. The fourth-order valence-corrected chi connectivity index (χ4v) is 3.53. The first-order valence-corrected chi connectivity index (χ1v) is 10.9. The number of urea groups is 1. The SMILES string of the molecule is C#Cc1cc(F)c(NC(=O)Nc2cc(C(C)(C)C)on2)cc1-c1cc2cnc(NC)nc2n(C)c1=O. The molecule has 4 aromatic rings. The highest BCUT2D eigenvalue weighted by Gasteiger charge is 2.21. The van der Waals surface area contributed by atoms with E-state index in [1.807, 2.05) is 20.8 Å². The number of hydrogen-bond acceptors (Lipinski definition) is 7. The predicted molar refractivity (Wildman–Crippen MR) is 135 cm³/mol. The second-order valence-electron chi connectivity index (χ2n) is 9.07. The Labute approximate surface area is 205 Å². The van der Waals surface area contributed by atoms with Gasteiger partial charge in [0.15, 0.2) is 5.82 Å². The van der Waals surface area contributed by atoms with Crippen LogP contribution in [0.1, 0.15) is 32.1 Å². The summed E-state index contributed by atoms with van der Waals surface area (Å²) in [5.74, 6) is 2.74. The normalized spacial score (nSPS) is 11.2. The first-order chi connectivity index (χ1) is 17.0. The van der Waals surface area contributed by atoms with Crippen LogP contribution < -0.4 is 21.5 Å². The van der Waals surface area contributed by atoms with Gasteiger partial charge in [-0.1, -0.05) is 31.8 Å². The molecule has 0 atom stereocenters. The molecular formula is C25H24FN7O3. The number of hydrogen-bond donors (Lipinski definition) is 3. The lowest BCUT2D eigenvalue weighted by molar-refractivity contribution is 0.261. The number of carbonyl (C=O) groups is 1. The fraction of sp³-hybridized carbons (Fsp3) is 0.240. The van der Waals surface area contributed by atoms with Crippen molar-refractivity contribution in [1.82, 2.24) is 19.7 Å². The van der Waals surface area contributed by atoms with E-state index < -0.39 is 17.4 Å². The molecule has 0 spiro atoms. The smallest absolute Gasteiger partial charge is 0.325 e. The minimum atomic E-state index is -0.767. The van der Waals surface area contributed by atoms with Gasteiger partial charge >= 0.3 is 6.03 Å². The maximum absolute atomic E-state index is 14.8. The van der Waals surface area contributed by atoms with E-state index in [2.05, 4.69) is 37.0 Å². The van der Waals surface area contributed by atoms with Crippen LogP contribution in [0.5, 0.6) is 0 Å². The first kappa shape index (κ1) is 24.4. The molecule has 1 aromatic carbocycles. The molecule has 0 radical (unpaired) electrons. The summed E-state index contributed by atoms with van der Waals surface area (Å²) in [5.41, 5.74) is 0.145. The van der Waals surface area contributed by atoms with Gasteiger partial charge in [-0.15, -0.1) is 6.42 Å². The van der Waals surface area contributed by atoms with Crippen molar-refractivity contribution in [3.8, 4) is 23.5 Å².